The minimum absolute atomic E-state index is 0.0489. The Hall–Kier alpha value is -0.610. The van der Waals surface area contributed by atoms with Crippen LogP contribution in [0.2, 0.25) is 0 Å². The van der Waals surface area contributed by atoms with Crippen LogP contribution in [0.3, 0.4) is 0 Å². The van der Waals surface area contributed by atoms with E-state index in [2.05, 4.69) is 10.1 Å². The first kappa shape index (κ1) is 7.50. The number of nitrogens with one attached hydrogen (secondary N) is 1. The molecule has 4 heteroatoms. The van der Waals surface area contributed by atoms with Gasteiger partial charge in [0, 0.05) is 6.54 Å². The van der Waals surface area contributed by atoms with Crippen LogP contribution in [0.1, 0.15) is 6.42 Å². The van der Waals surface area contributed by atoms with Gasteiger partial charge < -0.3 is 15.2 Å². The number of aliphatic hydroxyl groups is 1. The summed E-state index contributed by atoms with van der Waals surface area (Å²) >= 11 is 0. The van der Waals surface area contributed by atoms with Crippen molar-refractivity contribution in [3.63, 3.8) is 0 Å². The topological polar surface area (TPSA) is 58.6 Å². The second-order valence-corrected chi connectivity index (χ2v) is 2.28. The molecule has 1 saturated heterocycles. The molecule has 0 aromatic carbocycles. The third-order valence-electron chi connectivity index (χ3n) is 1.60. The Kier molecular flexibility index (Phi) is 2.65. The van der Waals surface area contributed by atoms with Gasteiger partial charge in [0.15, 0.2) is 6.79 Å². The van der Waals surface area contributed by atoms with E-state index in [4.69, 9.17) is 5.11 Å². The second-order valence-electron chi connectivity index (χ2n) is 2.28. The number of hydrogen-bond acceptors (Lipinski definition) is 4. The predicted molar refractivity (Wildman–Crippen MR) is 34.2 cm³/mol. The zero-order valence-corrected chi connectivity index (χ0v) is 5.67. The Morgan fingerprint density at radius 2 is 2.60 bits per heavy atom. The first-order valence-electron chi connectivity index (χ1n) is 3.33. The highest BCUT2D eigenvalue weighted by atomic mass is 16.6. The van der Waals surface area contributed by atoms with Gasteiger partial charge in [-0.25, -0.2) is 0 Å². The van der Waals surface area contributed by atoms with Crippen molar-refractivity contribution in [1.29, 1.82) is 0 Å². The molecule has 1 heterocycles. The summed E-state index contributed by atoms with van der Waals surface area (Å²) in [7, 11) is 0. The van der Waals surface area contributed by atoms with Crippen molar-refractivity contribution in [2.75, 3.05) is 19.9 Å². The normalized spacial score (nSPS) is 24.7. The van der Waals surface area contributed by atoms with Crippen molar-refractivity contribution in [3.8, 4) is 0 Å². The summed E-state index contributed by atoms with van der Waals surface area (Å²) < 4.78 is 4.40. The lowest BCUT2D eigenvalue weighted by molar-refractivity contribution is -0.156. The largest absolute Gasteiger partial charge is 0.438 e. The van der Waals surface area contributed by atoms with Crippen LogP contribution in [-0.4, -0.2) is 31.0 Å². The molecule has 1 fully saturated rings. The summed E-state index contributed by atoms with van der Waals surface area (Å²) in [5.74, 6) is -0.348. The molecule has 0 radical (unpaired) electrons. The quantitative estimate of drug-likeness (QED) is 0.390. The fourth-order valence-electron chi connectivity index (χ4n) is 1.04. The highest BCUT2D eigenvalue weighted by Gasteiger charge is 2.23. The molecule has 58 valence electrons. The second kappa shape index (κ2) is 3.53. The highest BCUT2D eigenvalue weighted by Crippen LogP contribution is 2.08. The zero-order chi connectivity index (χ0) is 7.40. The molecule has 2 N–H and O–H groups in total. The number of carbonyl (C=O) groups is 1. The minimum atomic E-state index is -0.505. The molecule has 4 nitrogen and oxygen atoms in total. The Balaban J connectivity index is 2.25. The van der Waals surface area contributed by atoms with E-state index in [0.29, 0.717) is 6.54 Å². The van der Waals surface area contributed by atoms with Crippen molar-refractivity contribution >= 4 is 5.97 Å². The van der Waals surface area contributed by atoms with E-state index in [1.54, 1.807) is 0 Å². The molecular formula is C6H11NO3. The van der Waals surface area contributed by atoms with Gasteiger partial charge in [-0.1, -0.05) is 0 Å². The standard InChI is InChI=1S/C6H11NO3/c8-4-10-6(9)5-1-2-7-3-5/h5,7-8H,1-4H2. The number of carbonyl (C=O) groups excluding carboxylic acids is 1. The molecule has 0 amide bonds. The number of hydrogen-bond donors (Lipinski definition) is 2. The van der Waals surface area contributed by atoms with Crippen molar-refractivity contribution in [2.45, 2.75) is 6.42 Å². The van der Waals surface area contributed by atoms with E-state index in [1.807, 2.05) is 0 Å². The van der Waals surface area contributed by atoms with Crippen LogP contribution in [0.5, 0.6) is 0 Å². The van der Waals surface area contributed by atoms with Gasteiger partial charge in [-0.3, -0.25) is 4.79 Å². The van der Waals surface area contributed by atoms with Crippen LogP contribution in [0.4, 0.5) is 0 Å². The minimum Gasteiger partial charge on any atom is -0.438 e. The Labute approximate surface area is 59.2 Å². The molecule has 1 unspecified atom stereocenters. The van der Waals surface area contributed by atoms with Crippen LogP contribution in [0.15, 0.2) is 0 Å². The summed E-state index contributed by atoms with van der Waals surface area (Å²) in [4.78, 5) is 10.8. The van der Waals surface area contributed by atoms with Gasteiger partial charge in [0.2, 0.25) is 0 Å². The van der Waals surface area contributed by atoms with Crippen LogP contribution >= 0.6 is 0 Å². The first-order valence-corrected chi connectivity index (χ1v) is 3.33. The SMILES string of the molecule is O=C(OCO)C1CCNC1. The number of aliphatic hydroxyl groups excluding tert-OH is 1. The number of ether oxygens (including phenoxy) is 1. The maximum atomic E-state index is 10.8. The number of rotatable bonds is 2. The zero-order valence-electron chi connectivity index (χ0n) is 5.67. The number of esters is 1. The summed E-state index contributed by atoms with van der Waals surface area (Å²) in [5.41, 5.74) is 0. The fraction of sp³-hybridized carbons (Fsp3) is 0.833. The van der Waals surface area contributed by atoms with E-state index < -0.39 is 6.79 Å². The van der Waals surface area contributed by atoms with Crippen molar-refractivity contribution in [2.24, 2.45) is 5.92 Å². The van der Waals surface area contributed by atoms with Crippen molar-refractivity contribution in [3.05, 3.63) is 0 Å². The lowest BCUT2D eigenvalue weighted by Crippen LogP contribution is -2.20. The lowest BCUT2D eigenvalue weighted by atomic mass is 10.1. The Morgan fingerprint density at radius 1 is 1.80 bits per heavy atom. The molecular weight excluding hydrogens is 134 g/mol. The fourth-order valence-corrected chi connectivity index (χ4v) is 1.04. The van der Waals surface area contributed by atoms with Crippen LogP contribution in [-0.2, 0) is 9.53 Å². The third-order valence-corrected chi connectivity index (χ3v) is 1.60. The van der Waals surface area contributed by atoms with Gasteiger partial charge in [0.1, 0.15) is 0 Å². The monoisotopic (exact) mass is 145 g/mol. The molecule has 1 aliphatic heterocycles. The summed E-state index contributed by atoms with van der Waals surface area (Å²) in [6, 6.07) is 0. The Bertz CT molecular complexity index is 120. The van der Waals surface area contributed by atoms with Gasteiger partial charge in [0.05, 0.1) is 5.92 Å². The molecule has 0 aromatic heterocycles. The average Bonchev–Trinajstić information content (AvgIpc) is 2.38. The maximum Gasteiger partial charge on any atom is 0.312 e. The van der Waals surface area contributed by atoms with Gasteiger partial charge in [-0.15, -0.1) is 0 Å². The van der Waals surface area contributed by atoms with Gasteiger partial charge in [-0.05, 0) is 13.0 Å². The smallest absolute Gasteiger partial charge is 0.312 e. The van der Waals surface area contributed by atoms with Gasteiger partial charge in [0.25, 0.3) is 0 Å². The molecule has 0 bridgehead atoms. The van der Waals surface area contributed by atoms with Crippen LogP contribution in [0, 0.1) is 5.92 Å². The molecule has 1 aliphatic rings. The van der Waals surface area contributed by atoms with E-state index in [1.165, 1.54) is 0 Å². The molecule has 0 aromatic rings. The van der Waals surface area contributed by atoms with Gasteiger partial charge in [-0.2, -0.15) is 0 Å². The van der Waals surface area contributed by atoms with E-state index in [0.717, 1.165) is 13.0 Å². The molecule has 0 aliphatic carbocycles. The highest BCUT2D eigenvalue weighted by molar-refractivity contribution is 5.72. The predicted octanol–water partition coefficient (Wildman–Crippen LogP) is -0.911. The van der Waals surface area contributed by atoms with Crippen molar-refractivity contribution < 1.29 is 14.6 Å². The van der Waals surface area contributed by atoms with Crippen LogP contribution in [0.25, 0.3) is 0 Å². The van der Waals surface area contributed by atoms with Crippen LogP contribution < -0.4 is 5.32 Å². The van der Waals surface area contributed by atoms with E-state index in [9.17, 15) is 4.79 Å². The average molecular weight is 145 g/mol. The van der Waals surface area contributed by atoms with E-state index >= 15 is 0 Å². The Morgan fingerprint density at radius 3 is 3.10 bits per heavy atom. The molecule has 1 rings (SSSR count). The first-order chi connectivity index (χ1) is 4.84. The van der Waals surface area contributed by atoms with Gasteiger partial charge >= 0.3 is 5.97 Å². The summed E-state index contributed by atoms with van der Waals surface area (Å²) in [6.07, 6.45) is 0.818. The molecule has 1 atom stereocenters. The summed E-state index contributed by atoms with van der Waals surface area (Å²) in [5, 5.41) is 11.3. The molecule has 0 saturated carbocycles. The maximum absolute atomic E-state index is 10.8. The lowest BCUT2D eigenvalue weighted by Gasteiger charge is -2.04. The molecule has 0 spiro atoms. The molecule has 10 heavy (non-hydrogen) atoms. The van der Waals surface area contributed by atoms with E-state index in [-0.39, 0.29) is 11.9 Å². The summed E-state index contributed by atoms with van der Waals surface area (Å²) in [6.45, 7) is 1.04. The third kappa shape index (κ3) is 1.68. The van der Waals surface area contributed by atoms with Crippen molar-refractivity contribution in [1.82, 2.24) is 5.32 Å².